The fraction of sp³-hybridized carbons (Fsp3) is 0.364. The Morgan fingerprint density at radius 2 is 2.12 bits per heavy atom. The zero-order chi connectivity index (χ0) is 13.0. The fourth-order valence-corrected chi connectivity index (χ4v) is 1.37. The lowest BCUT2D eigenvalue weighted by Crippen LogP contribution is -2.21. The van der Waals surface area contributed by atoms with Crippen molar-refractivity contribution >= 4 is 5.97 Å². The van der Waals surface area contributed by atoms with Crippen LogP contribution < -0.4 is 4.74 Å². The van der Waals surface area contributed by atoms with Crippen molar-refractivity contribution in [3.05, 3.63) is 29.6 Å². The van der Waals surface area contributed by atoms with Gasteiger partial charge in [-0.25, -0.2) is 4.39 Å². The van der Waals surface area contributed by atoms with Gasteiger partial charge in [0.15, 0.2) is 11.6 Å². The monoisotopic (exact) mass is 244 g/mol. The maximum atomic E-state index is 13.1. The van der Waals surface area contributed by atoms with Crippen LogP contribution in [0.15, 0.2) is 18.2 Å². The van der Waals surface area contributed by atoms with E-state index < -0.39 is 30.4 Å². The molecule has 0 heterocycles. The predicted octanol–water partition coefficient (Wildman–Crippen LogP) is 0.703. The largest absolute Gasteiger partial charge is 0.494 e. The summed E-state index contributed by atoms with van der Waals surface area (Å²) in [7, 11) is 1.27. The number of hydrogen-bond donors (Lipinski definition) is 3. The third-order valence-corrected chi connectivity index (χ3v) is 2.26. The number of rotatable bonds is 5. The molecule has 0 saturated heterocycles. The standard InChI is InChI=1S/C11H13FO5/c1-17-9-4-6(2-3-7(9)12)11(16)8(13)5-10(14)15/h2-4,8,11,13,16H,5H2,1H3,(H,14,15). The number of aliphatic hydroxyl groups is 2. The molecule has 94 valence electrons. The van der Waals surface area contributed by atoms with E-state index >= 15 is 0 Å². The zero-order valence-electron chi connectivity index (χ0n) is 9.13. The quantitative estimate of drug-likeness (QED) is 0.709. The molecule has 1 aromatic carbocycles. The van der Waals surface area contributed by atoms with Gasteiger partial charge in [0.25, 0.3) is 0 Å². The van der Waals surface area contributed by atoms with Crippen LogP contribution in [0.5, 0.6) is 5.75 Å². The Hall–Kier alpha value is -1.66. The van der Waals surface area contributed by atoms with E-state index in [4.69, 9.17) is 9.84 Å². The summed E-state index contributed by atoms with van der Waals surface area (Å²) in [6.45, 7) is 0. The molecule has 0 amide bonds. The van der Waals surface area contributed by atoms with Crippen molar-refractivity contribution in [1.29, 1.82) is 0 Å². The van der Waals surface area contributed by atoms with Gasteiger partial charge in [-0.2, -0.15) is 0 Å². The van der Waals surface area contributed by atoms with Crippen LogP contribution in [0.3, 0.4) is 0 Å². The van der Waals surface area contributed by atoms with E-state index in [1.165, 1.54) is 19.2 Å². The molecule has 2 atom stereocenters. The molecule has 5 nitrogen and oxygen atoms in total. The van der Waals surface area contributed by atoms with Gasteiger partial charge in [-0.3, -0.25) is 4.79 Å². The van der Waals surface area contributed by atoms with Crippen LogP contribution in [0.1, 0.15) is 18.1 Å². The number of methoxy groups -OCH3 is 1. The van der Waals surface area contributed by atoms with Gasteiger partial charge in [-0.1, -0.05) is 6.07 Å². The molecule has 0 spiro atoms. The Balaban J connectivity index is 2.88. The highest BCUT2D eigenvalue weighted by molar-refractivity contribution is 5.67. The third-order valence-electron chi connectivity index (χ3n) is 2.26. The summed E-state index contributed by atoms with van der Waals surface area (Å²) in [5, 5.41) is 27.5. The number of ether oxygens (including phenoxy) is 1. The van der Waals surface area contributed by atoms with Gasteiger partial charge in [0, 0.05) is 0 Å². The number of hydrogen-bond acceptors (Lipinski definition) is 4. The highest BCUT2D eigenvalue weighted by Crippen LogP contribution is 2.25. The normalized spacial score (nSPS) is 14.1. The van der Waals surface area contributed by atoms with Crippen molar-refractivity contribution in [3.8, 4) is 5.75 Å². The van der Waals surface area contributed by atoms with Gasteiger partial charge in [0.2, 0.25) is 0 Å². The minimum atomic E-state index is -1.46. The summed E-state index contributed by atoms with van der Waals surface area (Å²) >= 11 is 0. The Bertz CT molecular complexity index is 407. The molecular formula is C11H13FO5. The molecule has 0 aliphatic heterocycles. The number of carboxylic acids is 1. The SMILES string of the molecule is COc1cc(C(O)C(O)CC(=O)O)ccc1F. The van der Waals surface area contributed by atoms with Crippen molar-refractivity contribution < 1.29 is 29.2 Å². The third kappa shape index (κ3) is 3.40. The number of carbonyl (C=O) groups is 1. The highest BCUT2D eigenvalue weighted by Gasteiger charge is 2.22. The summed E-state index contributed by atoms with van der Waals surface area (Å²) < 4.78 is 17.8. The molecule has 0 aliphatic carbocycles. The van der Waals surface area contributed by atoms with Gasteiger partial charge in [0.05, 0.1) is 19.6 Å². The van der Waals surface area contributed by atoms with Gasteiger partial charge in [-0.15, -0.1) is 0 Å². The minimum Gasteiger partial charge on any atom is -0.494 e. The van der Waals surface area contributed by atoms with Crippen LogP contribution in [-0.4, -0.2) is 34.5 Å². The molecule has 0 bridgehead atoms. The van der Waals surface area contributed by atoms with E-state index in [1.807, 2.05) is 0 Å². The molecule has 17 heavy (non-hydrogen) atoms. The average Bonchev–Trinajstić information content (AvgIpc) is 2.27. The first-order valence-corrected chi connectivity index (χ1v) is 4.87. The van der Waals surface area contributed by atoms with E-state index in [0.29, 0.717) is 0 Å². The molecule has 2 unspecified atom stereocenters. The first-order valence-electron chi connectivity index (χ1n) is 4.87. The molecule has 0 fully saturated rings. The molecule has 0 aliphatic rings. The summed E-state index contributed by atoms with van der Waals surface area (Å²) in [5.74, 6) is -1.91. The molecule has 0 radical (unpaired) electrons. The van der Waals surface area contributed by atoms with Crippen molar-refractivity contribution in [2.75, 3.05) is 7.11 Å². The zero-order valence-corrected chi connectivity index (χ0v) is 9.13. The smallest absolute Gasteiger partial charge is 0.306 e. The lowest BCUT2D eigenvalue weighted by Gasteiger charge is -2.17. The van der Waals surface area contributed by atoms with Gasteiger partial charge < -0.3 is 20.1 Å². The molecule has 1 rings (SSSR count). The van der Waals surface area contributed by atoms with Crippen molar-refractivity contribution in [2.24, 2.45) is 0 Å². The molecule has 3 N–H and O–H groups in total. The van der Waals surface area contributed by atoms with E-state index in [2.05, 4.69) is 0 Å². The number of aliphatic hydroxyl groups excluding tert-OH is 2. The predicted molar refractivity (Wildman–Crippen MR) is 56.2 cm³/mol. The summed E-state index contributed by atoms with van der Waals surface area (Å²) in [5.41, 5.74) is 0.192. The van der Waals surface area contributed by atoms with Crippen LogP contribution >= 0.6 is 0 Å². The van der Waals surface area contributed by atoms with E-state index in [9.17, 15) is 19.4 Å². The Morgan fingerprint density at radius 1 is 1.47 bits per heavy atom. The summed E-state index contributed by atoms with van der Waals surface area (Å²) in [4.78, 5) is 10.4. The molecule has 1 aromatic rings. The Labute approximate surface area is 97.1 Å². The molecule has 0 saturated carbocycles. The van der Waals surface area contributed by atoms with Crippen molar-refractivity contribution in [3.63, 3.8) is 0 Å². The van der Waals surface area contributed by atoms with E-state index in [1.54, 1.807) is 0 Å². The second kappa shape index (κ2) is 5.60. The van der Waals surface area contributed by atoms with Gasteiger partial charge in [0.1, 0.15) is 6.10 Å². The van der Waals surface area contributed by atoms with Crippen molar-refractivity contribution in [1.82, 2.24) is 0 Å². The van der Waals surface area contributed by atoms with Crippen molar-refractivity contribution in [2.45, 2.75) is 18.6 Å². The van der Waals surface area contributed by atoms with Crippen LogP contribution in [0.25, 0.3) is 0 Å². The van der Waals surface area contributed by atoms with Crippen LogP contribution in [-0.2, 0) is 4.79 Å². The average molecular weight is 244 g/mol. The Kier molecular flexibility index (Phi) is 4.42. The molecular weight excluding hydrogens is 231 g/mol. The number of aliphatic carboxylic acids is 1. The maximum Gasteiger partial charge on any atom is 0.306 e. The van der Waals surface area contributed by atoms with Gasteiger partial charge >= 0.3 is 5.97 Å². The lowest BCUT2D eigenvalue weighted by molar-refractivity contribution is -0.141. The first kappa shape index (κ1) is 13.4. The van der Waals surface area contributed by atoms with Crippen LogP contribution in [0, 0.1) is 5.82 Å². The summed E-state index contributed by atoms with van der Waals surface area (Å²) in [6.07, 6.45) is -3.45. The number of benzene rings is 1. The van der Waals surface area contributed by atoms with Crippen LogP contribution in [0.4, 0.5) is 4.39 Å². The fourth-order valence-electron chi connectivity index (χ4n) is 1.37. The number of halogens is 1. The maximum absolute atomic E-state index is 13.1. The number of carboxylic acid groups (broad SMARTS) is 1. The topological polar surface area (TPSA) is 87.0 Å². The van der Waals surface area contributed by atoms with Gasteiger partial charge in [-0.05, 0) is 17.7 Å². The van der Waals surface area contributed by atoms with Crippen LogP contribution in [0.2, 0.25) is 0 Å². The Morgan fingerprint density at radius 3 is 2.65 bits per heavy atom. The lowest BCUT2D eigenvalue weighted by atomic mass is 10.0. The second-order valence-electron chi connectivity index (χ2n) is 3.50. The van der Waals surface area contributed by atoms with E-state index in [-0.39, 0.29) is 11.3 Å². The highest BCUT2D eigenvalue weighted by atomic mass is 19.1. The molecule has 0 aromatic heterocycles. The minimum absolute atomic E-state index is 0.0796. The second-order valence-corrected chi connectivity index (χ2v) is 3.50. The summed E-state index contributed by atoms with van der Waals surface area (Å²) in [6, 6.07) is 3.55. The molecule has 6 heteroatoms. The van der Waals surface area contributed by atoms with E-state index in [0.717, 1.165) is 6.07 Å². The first-order chi connectivity index (χ1) is 7.95.